The molecule has 0 saturated carbocycles. The van der Waals surface area contributed by atoms with Gasteiger partial charge in [0.1, 0.15) is 0 Å². The summed E-state index contributed by atoms with van der Waals surface area (Å²) in [6.07, 6.45) is 5.35. The molecular formula is C10H17N2OPS. The molecule has 0 aromatic carbocycles. The minimum absolute atomic E-state index is 0.166. The summed E-state index contributed by atoms with van der Waals surface area (Å²) in [5.41, 5.74) is 0.923. The van der Waals surface area contributed by atoms with Gasteiger partial charge in [0.15, 0.2) is 12.9 Å². The van der Waals surface area contributed by atoms with Crippen LogP contribution in [0.25, 0.3) is 0 Å². The Labute approximate surface area is 96.3 Å². The van der Waals surface area contributed by atoms with E-state index in [0.29, 0.717) is 6.61 Å². The van der Waals surface area contributed by atoms with Crippen LogP contribution < -0.4 is 5.57 Å². The van der Waals surface area contributed by atoms with Crippen LogP contribution in [0.3, 0.4) is 0 Å². The molecule has 15 heavy (non-hydrogen) atoms. The van der Waals surface area contributed by atoms with Gasteiger partial charge < -0.3 is 9.51 Å². The lowest BCUT2D eigenvalue weighted by Crippen LogP contribution is -2.12. The molecule has 3 nitrogen and oxygen atoms in total. The van der Waals surface area contributed by atoms with E-state index >= 15 is 0 Å². The van der Waals surface area contributed by atoms with E-state index in [-0.39, 0.29) is 4.75 Å². The number of H-pyrrole nitrogens is 1. The summed E-state index contributed by atoms with van der Waals surface area (Å²) < 4.78 is 5.89. The Kier molecular flexibility index (Phi) is 4.84. The fourth-order valence-electron chi connectivity index (χ4n) is 0.857. The molecule has 1 N–H and O–H groups in total. The molecule has 1 unspecified atom stereocenters. The van der Waals surface area contributed by atoms with Gasteiger partial charge in [-0.15, -0.1) is 6.58 Å². The summed E-state index contributed by atoms with van der Waals surface area (Å²) in [4.78, 5) is 7.35. The molecule has 5 heteroatoms. The van der Waals surface area contributed by atoms with Gasteiger partial charge in [0.05, 0.1) is 6.61 Å². The molecule has 1 aromatic heterocycles. The molecule has 0 amide bonds. The van der Waals surface area contributed by atoms with E-state index in [9.17, 15) is 0 Å². The zero-order valence-corrected chi connectivity index (χ0v) is 11.1. The minimum atomic E-state index is -0.734. The average Bonchev–Trinajstić information content (AvgIpc) is 2.63. The lowest BCUT2D eigenvalue weighted by atomic mass is 10.3. The SMILES string of the molecule is C=CCOP(SC(C)(C)C)c1ncc[nH]1. The summed E-state index contributed by atoms with van der Waals surface area (Å²) >= 11 is 1.80. The lowest BCUT2D eigenvalue weighted by molar-refractivity contribution is 0.417. The van der Waals surface area contributed by atoms with Gasteiger partial charge in [-0.3, -0.25) is 0 Å². The van der Waals surface area contributed by atoms with Crippen LogP contribution in [0.1, 0.15) is 20.8 Å². The molecule has 0 aliphatic heterocycles. The van der Waals surface area contributed by atoms with Gasteiger partial charge in [0.25, 0.3) is 0 Å². The second-order valence-electron chi connectivity index (χ2n) is 3.96. The summed E-state index contributed by atoms with van der Waals surface area (Å²) in [7, 11) is -0.734. The molecule has 1 aromatic rings. The maximum atomic E-state index is 5.73. The number of hydrogen-bond acceptors (Lipinski definition) is 3. The van der Waals surface area contributed by atoms with Crippen molar-refractivity contribution in [2.75, 3.05) is 6.61 Å². The van der Waals surface area contributed by atoms with Gasteiger partial charge in [0.2, 0.25) is 0 Å². The summed E-state index contributed by atoms with van der Waals surface area (Å²) in [6.45, 7) is 10.7. The highest BCUT2D eigenvalue weighted by atomic mass is 32.7. The molecule has 1 atom stereocenters. The normalized spacial score (nSPS) is 13.8. The minimum Gasteiger partial charge on any atom is -0.342 e. The van der Waals surface area contributed by atoms with E-state index in [0.717, 1.165) is 5.57 Å². The first-order valence-electron chi connectivity index (χ1n) is 4.75. The standard InChI is InChI=1S/C10H17N2OPS/c1-5-8-13-14(15-10(2,3)4)9-11-6-7-12-9/h5-7H,1,8H2,2-4H3,(H,11,12). The van der Waals surface area contributed by atoms with Gasteiger partial charge in [-0.2, -0.15) is 0 Å². The number of hydrogen-bond donors (Lipinski definition) is 1. The van der Waals surface area contributed by atoms with Crippen LogP contribution in [-0.2, 0) is 4.52 Å². The van der Waals surface area contributed by atoms with Crippen LogP contribution in [0.15, 0.2) is 25.0 Å². The predicted molar refractivity (Wildman–Crippen MR) is 68.6 cm³/mol. The number of nitrogens with zero attached hydrogens (tertiary/aromatic N) is 1. The maximum Gasteiger partial charge on any atom is 0.167 e. The number of aromatic amines is 1. The van der Waals surface area contributed by atoms with Crippen LogP contribution in [0.5, 0.6) is 0 Å². The van der Waals surface area contributed by atoms with Crippen LogP contribution in [0.2, 0.25) is 0 Å². The average molecular weight is 244 g/mol. The molecule has 0 aliphatic carbocycles. The van der Waals surface area contributed by atoms with Crippen molar-refractivity contribution in [1.82, 2.24) is 9.97 Å². The van der Waals surface area contributed by atoms with Crippen molar-refractivity contribution in [2.24, 2.45) is 0 Å². The fourth-order valence-corrected chi connectivity index (χ4v) is 4.59. The van der Waals surface area contributed by atoms with Crippen molar-refractivity contribution >= 4 is 24.3 Å². The van der Waals surface area contributed by atoms with E-state index < -0.39 is 7.35 Å². The van der Waals surface area contributed by atoms with E-state index in [4.69, 9.17) is 4.52 Å². The summed E-state index contributed by atoms with van der Waals surface area (Å²) in [5, 5.41) is 0. The third-order valence-corrected chi connectivity index (χ3v) is 5.99. The van der Waals surface area contributed by atoms with Crippen molar-refractivity contribution < 1.29 is 4.52 Å². The van der Waals surface area contributed by atoms with Crippen molar-refractivity contribution in [3.8, 4) is 0 Å². The largest absolute Gasteiger partial charge is 0.342 e. The van der Waals surface area contributed by atoms with Crippen molar-refractivity contribution in [1.29, 1.82) is 0 Å². The monoisotopic (exact) mass is 244 g/mol. The van der Waals surface area contributed by atoms with Crippen molar-refractivity contribution in [3.05, 3.63) is 25.0 Å². The second-order valence-corrected chi connectivity index (χ2v) is 8.10. The van der Waals surface area contributed by atoms with E-state index in [2.05, 4.69) is 37.3 Å². The van der Waals surface area contributed by atoms with Crippen molar-refractivity contribution in [3.63, 3.8) is 0 Å². The van der Waals surface area contributed by atoms with E-state index in [1.54, 1.807) is 23.7 Å². The molecule has 1 heterocycles. The van der Waals surface area contributed by atoms with Gasteiger partial charge in [-0.05, 0) is 0 Å². The van der Waals surface area contributed by atoms with Gasteiger partial charge in [0, 0.05) is 17.1 Å². The predicted octanol–water partition coefficient (Wildman–Crippen LogP) is 3.08. The van der Waals surface area contributed by atoms with Crippen LogP contribution in [0, 0.1) is 0 Å². The number of rotatable bonds is 5. The van der Waals surface area contributed by atoms with Gasteiger partial charge in [-0.25, -0.2) is 4.98 Å². The van der Waals surface area contributed by atoms with Gasteiger partial charge in [-0.1, -0.05) is 38.2 Å². The summed E-state index contributed by atoms with van der Waals surface area (Å²) in [5.74, 6) is 0. The third-order valence-electron chi connectivity index (χ3n) is 1.32. The second kappa shape index (κ2) is 5.69. The fraction of sp³-hybridized carbons (Fsp3) is 0.500. The number of aromatic nitrogens is 2. The third kappa shape index (κ3) is 4.83. The molecule has 0 fully saturated rings. The number of imidazole rings is 1. The Morgan fingerprint density at radius 1 is 1.67 bits per heavy atom. The Morgan fingerprint density at radius 2 is 2.40 bits per heavy atom. The van der Waals surface area contributed by atoms with Crippen molar-refractivity contribution in [2.45, 2.75) is 25.5 Å². The highest BCUT2D eigenvalue weighted by Gasteiger charge is 2.23. The molecule has 0 spiro atoms. The lowest BCUT2D eigenvalue weighted by Gasteiger charge is -2.23. The molecular weight excluding hydrogens is 227 g/mol. The molecule has 0 radical (unpaired) electrons. The van der Waals surface area contributed by atoms with Crippen LogP contribution in [0.4, 0.5) is 0 Å². The molecule has 1 rings (SSSR count). The first-order chi connectivity index (χ1) is 7.03. The Hall–Kier alpha value is -0.310. The maximum absolute atomic E-state index is 5.73. The zero-order chi connectivity index (χ0) is 11.3. The Balaban J connectivity index is 2.65. The quantitative estimate of drug-likeness (QED) is 0.639. The van der Waals surface area contributed by atoms with Crippen LogP contribution in [-0.4, -0.2) is 21.3 Å². The Morgan fingerprint density at radius 3 is 2.87 bits per heavy atom. The molecule has 84 valence electrons. The topological polar surface area (TPSA) is 37.9 Å². The molecule has 0 saturated heterocycles. The summed E-state index contributed by atoms with van der Waals surface area (Å²) in [6, 6.07) is 0. The first-order valence-corrected chi connectivity index (χ1v) is 7.43. The number of nitrogens with one attached hydrogen (secondary N) is 1. The Bertz CT molecular complexity index is 295. The smallest absolute Gasteiger partial charge is 0.167 e. The highest BCUT2D eigenvalue weighted by molar-refractivity contribution is 8.56. The van der Waals surface area contributed by atoms with E-state index in [1.807, 2.05) is 6.20 Å². The zero-order valence-electron chi connectivity index (χ0n) is 9.36. The first kappa shape index (κ1) is 12.8. The van der Waals surface area contributed by atoms with Crippen LogP contribution >= 0.6 is 18.7 Å². The van der Waals surface area contributed by atoms with E-state index in [1.165, 1.54) is 0 Å². The molecule has 0 aliphatic rings. The highest BCUT2D eigenvalue weighted by Crippen LogP contribution is 2.54. The molecule has 0 bridgehead atoms. The van der Waals surface area contributed by atoms with Gasteiger partial charge >= 0.3 is 0 Å².